The van der Waals surface area contributed by atoms with Crippen LogP contribution in [-0.2, 0) is 11.3 Å². The van der Waals surface area contributed by atoms with E-state index in [0.717, 1.165) is 11.4 Å². The molecular formula is C19H23N3O2. The van der Waals surface area contributed by atoms with Crippen LogP contribution in [0, 0.1) is 17.8 Å². The molecule has 4 rings (SSSR count). The third-order valence-electron chi connectivity index (χ3n) is 5.24. The number of hydrogen-bond donors (Lipinski definition) is 1. The monoisotopic (exact) mass is 325 g/mol. The molecule has 1 N–H and O–H groups in total. The van der Waals surface area contributed by atoms with Gasteiger partial charge in [-0.1, -0.05) is 25.0 Å². The van der Waals surface area contributed by atoms with E-state index in [1.807, 2.05) is 41.2 Å². The van der Waals surface area contributed by atoms with Gasteiger partial charge >= 0.3 is 0 Å². The molecule has 2 aromatic rings. The van der Waals surface area contributed by atoms with Gasteiger partial charge in [0.2, 0.25) is 5.91 Å². The van der Waals surface area contributed by atoms with E-state index in [0.29, 0.717) is 25.0 Å². The molecule has 2 atom stereocenters. The Morgan fingerprint density at radius 1 is 1.21 bits per heavy atom. The van der Waals surface area contributed by atoms with E-state index >= 15 is 0 Å². The van der Waals surface area contributed by atoms with Crippen molar-refractivity contribution in [3.8, 4) is 5.75 Å². The number of carbonyl (C=O) groups is 1. The van der Waals surface area contributed by atoms with Gasteiger partial charge in [-0.2, -0.15) is 5.10 Å². The van der Waals surface area contributed by atoms with Crippen molar-refractivity contribution in [2.75, 3.05) is 11.9 Å². The summed E-state index contributed by atoms with van der Waals surface area (Å²) in [4.78, 5) is 12.6. The molecule has 0 radical (unpaired) electrons. The molecule has 1 amide bonds. The lowest BCUT2D eigenvalue weighted by molar-refractivity contribution is -0.117. The molecule has 24 heavy (non-hydrogen) atoms. The first-order chi connectivity index (χ1) is 11.8. The second-order valence-electron chi connectivity index (χ2n) is 6.74. The van der Waals surface area contributed by atoms with Crippen LogP contribution in [0.4, 0.5) is 5.69 Å². The predicted octanol–water partition coefficient (Wildman–Crippen LogP) is 3.34. The van der Waals surface area contributed by atoms with E-state index < -0.39 is 0 Å². The number of benzene rings is 1. The lowest BCUT2D eigenvalue weighted by Gasteiger charge is -2.12. The van der Waals surface area contributed by atoms with Crippen molar-refractivity contribution in [1.29, 1.82) is 0 Å². The summed E-state index contributed by atoms with van der Waals surface area (Å²) in [6, 6.07) is 9.56. The number of rotatable bonds is 6. The van der Waals surface area contributed by atoms with Crippen molar-refractivity contribution in [3.05, 3.63) is 42.7 Å². The van der Waals surface area contributed by atoms with Crippen LogP contribution in [0.3, 0.4) is 0 Å². The fourth-order valence-electron chi connectivity index (χ4n) is 3.97. The van der Waals surface area contributed by atoms with E-state index in [-0.39, 0.29) is 11.8 Å². The fourth-order valence-corrected chi connectivity index (χ4v) is 3.97. The summed E-state index contributed by atoms with van der Waals surface area (Å²) in [5.74, 6) is 2.33. The Balaban J connectivity index is 1.35. The van der Waals surface area contributed by atoms with E-state index in [4.69, 9.17) is 4.74 Å². The molecular weight excluding hydrogens is 302 g/mol. The largest absolute Gasteiger partial charge is 0.489 e. The fraction of sp³-hybridized carbons (Fsp3) is 0.474. The van der Waals surface area contributed by atoms with Gasteiger partial charge < -0.3 is 10.1 Å². The molecule has 5 nitrogen and oxygen atoms in total. The molecule has 1 aromatic carbocycles. The van der Waals surface area contributed by atoms with E-state index in [2.05, 4.69) is 10.4 Å². The van der Waals surface area contributed by atoms with Crippen LogP contribution in [0.1, 0.15) is 25.7 Å². The molecule has 126 valence electrons. The Hall–Kier alpha value is -2.30. The molecule has 0 aliphatic heterocycles. The highest BCUT2D eigenvalue weighted by Gasteiger charge is 2.54. The third-order valence-corrected chi connectivity index (χ3v) is 5.24. The van der Waals surface area contributed by atoms with Crippen LogP contribution in [0.25, 0.3) is 0 Å². The smallest absolute Gasteiger partial charge is 0.228 e. The van der Waals surface area contributed by atoms with Crippen LogP contribution >= 0.6 is 0 Å². The number of carbonyl (C=O) groups excluding carboxylic acids is 1. The minimum Gasteiger partial charge on any atom is -0.489 e. The van der Waals surface area contributed by atoms with Crippen LogP contribution in [-0.4, -0.2) is 22.3 Å². The topological polar surface area (TPSA) is 56.1 Å². The van der Waals surface area contributed by atoms with Gasteiger partial charge in [0.15, 0.2) is 0 Å². The first-order valence-corrected chi connectivity index (χ1v) is 8.83. The van der Waals surface area contributed by atoms with Crippen molar-refractivity contribution >= 4 is 11.6 Å². The summed E-state index contributed by atoms with van der Waals surface area (Å²) in [7, 11) is 0. The van der Waals surface area contributed by atoms with Gasteiger partial charge in [0, 0.05) is 18.3 Å². The van der Waals surface area contributed by atoms with E-state index in [1.165, 1.54) is 25.7 Å². The van der Waals surface area contributed by atoms with E-state index in [9.17, 15) is 4.79 Å². The number of anilines is 1. The lowest BCUT2D eigenvalue weighted by atomic mass is 10.0. The lowest BCUT2D eigenvalue weighted by Crippen LogP contribution is -2.17. The summed E-state index contributed by atoms with van der Waals surface area (Å²) in [6.45, 7) is 1.20. The van der Waals surface area contributed by atoms with E-state index in [1.54, 1.807) is 6.20 Å². The van der Waals surface area contributed by atoms with Crippen molar-refractivity contribution in [3.63, 3.8) is 0 Å². The number of amides is 1. The first kappa shape index (κ1) is 15.2. The molecule has 1 heterocycles. The SMILES string of the molecule is O=C(Nc1ccccc1OCCn1cccn1)C1[C@H]2CCCC[C@H]12. The maximum Gasteiger partial charge on any atom is 0.228 e. The summed E-state index contributed by atoms with van der Waals surface area (Å²) in [6.07, 6.45) is 8.64. The molecule has 0 bridgehead atoms. The zero-order chi connectivity index (χ0) is 16.4. The zero-order valence-electron chi connectivity index (χ0n) is 13.7. The summed E-state index contributed by atoms with van der Waals surface area (Å²) < 4.78 is 7.68. The average molecular weight is 325 g/mol. The first-order valence-electron chi connectivity index (χ1n) is 8.83. The Morgan fingerprint density at radius 3 is 2.75 bits per heavy atom. The van der Waals surface area contributed by atoms with Crippen molar-refractivity contribution in [2.45, 2.75) is 32.2 Å². The second-order valence-corrected chi connectivity index (χ2v) is 6.74. The highest BCUT2D eigenvalue weighted by Crippen LogP contribution is 2.55. The van der Waals surface area contributed by atoms with Gasteiger partial charge in [-0.25, -0.2) is 0 Å². The van der Waals surface area contributed by atoms with Crippen molar-refractivity contribution < 1.29 is 9.53 Å². The van der Waals surface area contributed by atoms with Crippen molar-refractivity contribution in [1.82, 2.24) is 9.78 Å². The Bertz CT molecular complexity index is 686. The number of para-hydroxylation sites is 2. The Morgan fingerprint density at radius 2 is 2.00 bits per heavy atom. The van der Waals surface area contributed by atoms with Gasteiger partial charge in [-0.15, -0.1) is 0 Å². The molecule has 0 unspecified atom stereocenters. The second kappa shape index (κ2) is 6.67. The molecule has 2 aliphatic carbocycles. The van der Waals surface area contributed by atoms with Gasteiger partial charge in [-0.05, 0) is 42.9 Å². The standard InChI is InChI=1S/C19H23N3O2/c23-19(18-14-6-1-2-7-15(14)18)21-16-8-3-4-9-17(16)24-13-12-22-11-5-10-20-22/h3-5,8-11,14-15,18H,1-2,6-7,12-13H2,(H,21,23)/t14-,15-/m0/s1. The molecule has 5 heteroatoms. The average Bonchev–Trinajstić information content (AvgIpc) is 3.11. The number of fused-ring (bicyclic) bond motifs is 1. The van der Waals surface area contributed by atoms with Gasteiger partial charge in [0.25, 0.3) is 0 Å². The summed E-state index contributed by atoms with van der Waals surface area (Å²) in [5.41, 5.74) is 0.770. The molecule has 2 aliphatic rings. The summed E-state index contributed by atoms with van der Waals surface area (Å²) >= 11 is 0. The minimum absolute atomic E-state index is 0.162. The quantitative estimate of drug-likeness (QED) is 0.886. The van der Waals surface area contributed by atoms with Crippen molar-refractivity contribution in [2.24, 2.45) is 17.8 Å². The normalized spacial score (nSPS) is 24.9. The highest BCUT2D eigenvalue weighted by molar-refractivity contribution is 5.96. The number of hydrogen-bond acceptors (Lipinski definition) is 3. The Kier molecular flexibility index (Phi) is 4.24. The third kappa shape index (κ3) is 3.16. The maximum absolute atomic E-state index is 12.6. The highest BCUT2D eigenvalue weighted by atomic mass is 16.5. The van der Waals surface area contributed by atoms with Crippen LogP contribution < -0.4 is 10.1 Å². The van der Waals surface area contributed by atoms with Gasteiger partial charge in [-0.3, -0.25) is 9.48 Å². The molecule has 2 fully saturated rings. The zero-order valence-corrected chi connectivity index (χ0v) is 13.7. The van der Waals surface area contributed by atoms with Gasteiger partial charge in [0.1, 0.15) is 12.4 Å². The molecule has 0 saturated heterocycles. The maximum atomic E-state index is 12.6. The summed E-state index contributed by atoms with van der Waals surface area (Å²) in [5, 5.41) is 7.24. The van der Waals surface area contributed by atoms with Crippen LogP contribution in [0.5, 0.6) is 5.75 Å². The minimum atomic E-state index is 0.162. The molecule has 0 spiro atoms. The predicted molar refractivity (Wildman–Crippen MR) is 91.7 cm³/mol. The number of aromatic nitrogens is 2. The Labute approximate surface area is 142 Å². The molecule has 1 aromatic heterocycles. The van der Waals surface area contributed by atoms with Crippen LogP contribution in [0.15, 0.2) is 42.7 Å². The molecule has 2 saturated carbocycles. The number of nitrogens with zero attached hydrogens (tertiary/aromatic N) is 2. The number of ether oxygens (including phenoxy) is 1. The number of nitrogens with one attached hydrogen (secondary N) is 1. The van der Waals surface area contributed by atoms with Crippen LogP contribution in [0.2, 0.25) is 0 Å². The van der Waals surface area contributed by atoms with Gasteiger partial charge in [0.05, 0.1) is 12.2 Å².